The maximum atomic E-state index is 14.4. The molecule has 0 saturated carbocycles. The Morgan fingerprint density at radius 1 is 0.765 bits per heavy atom. The van der Waals surface area contributed by atoms with Crippen LogP contribution in [0.25, 0.3) is 22.3 Å². The third kappa shape index (κ3) is 14.3. The summed E-state index contributed by atoms with van der Waals surface area (Å²) in [7, 11) is 1.36. The summed E-state index contributed by atoms with van der Waals surface area (Å²) in [6, 6.07) is 16.2. The van der Waals surface area contributed by atoms with Gasteiger partial charge in [-0.2, -0.15) is 0 Å². The highest BCUT2D eigenvalue weighted by molar-refractivity contribution is 5.98. The number of aryl methyl sites for hydroxylation is 1. The average molecular weight is 936 g/mol. The number of phenols is 3. The van der Waals surface area contributed by atoms with Crippen molar-refractivity contribution in [3.63, 3.8) is 0 Å². The summed E-state index contributed by atoms with van der Waals surface area (Å²) in [5, 5.41) is 53.1. The molecule has 16 heteroatoms. The first kappa shape index (κ1) is 52.0. The molecule has 4 atom stereocenters. The van der Waals surface area contributed by atoms with Crippen LogP contribution in [0.1, 0.15) is 118 Å². The van der Waals surface area contributed by atoms with Crippen LogP contribution in [0.2, 0.25) is 0 Å². The van der Waals surface area contributed by atoms with Crippen molar-refractivity contribution in [1.82, 2.24) is 26.2 Å². The van der Waals surface area contributed by atoms with Crippen LogP contribution in [0, 0.1) is 0 Å². The van der Waals surface area contributed by atoms with Crippen LogP contribution in [-0.4, -0.2) is 99.1 Å². The van der Waals surface area contributed by atoms with E-state index in [4.69, 9.17) is 0 Å². The van der Waals surface area contributed by atoms with Crippen molar-refractivity contribution in [1.29, 1.82) is 0 Å². The summed E-state index contributed by atoms with van der Waals surface area (Å²) in [6.45, 7) is 4.02. The van der Waals surface area contributed by atoms with Gasteiger partial charge in [0.25, 0.3) is 5.91 Å². The number of aliphatic carboxylic acids is 1. The maximum absolute atomic E-state index is 14.4. The number of rotatable bonds is 21. The van der Waals surface area contributed by atoms with E-state index in [-0.39, 0.29) is 65.3 Å². The standard InChI is InChI=1S/C52H66N6O10/c1-4-5-6-7-8-9-10-13-33-15-18-35(19-16-33)36-20-22-38(45(61)31-36)49(64)54-27-25-46(62)56-41(14-11-12-26-53)51(66)58(3)47-37-21-24-44(60)40(30-37)39-28-34(17-23-43(39)59)29-42(52(67)68)57-48(63)32(2)55-50(47)65/h15-24,28,30-32,41-42,47,59-61H,4-14,25-27,29,53H2,1-3H3,(H,54,64)(H,55,65)(H,56,62)(H,57,63)(H,67,68)/p+1/t32-,41-,42-,47-/m0/s1. The second-order valence-electron chi connectivity index (χ2n) is 17.6. The van der Waals surface area contributed by atoms with Crippen LogP contribution in [-0.2, 0) is 36.8 Å². The van der Waals surface area contributed by atoms with E-state index in [1.165, 1.54) is 107 Å². The Hall–Kier alpha value is -6.94. The Balaban J connectivity index is 1.26. The number of carboxylic acids is 1. The normalized spacial score (nSPS) is 16.4. The van der Waals surface area contributed by atoms with Gasteiger partial charge in [-0.05, 0) is 103 Å². The number of nitrogens with zero attached hydrogens (tertiary/aromatic N) is 1. The quantitative estimate of drug-likeness (QED) is 0.0489. The number of benzene rings is 4. The van der Waals surface area contributed by atoms with Crippen LogP contribution in [0.15, 0.2) is 78.9 Å². The molecule has 5 amide bonds. The Kier molecular flexibility index (Phi) is 19.3. The smallest absolute Gasteiger partial charge is 0.326 e. The van der Waals surface area contributed by atoms with Crippen molar-refractivity contribution in [3.05, 3.63) is 101 Å². The van der Waals surface area contributed by atoms with Gasteiger partial charge in [0.05, 0.1) is 12.1 Å². The van der Waals surface area contributed by atoms with E-state index >= 15 is 0 Å². The molecule has 1 aliphatic heterocycles. The molecule has 5 rings (SSSR count). The van der Waals surface area contributed by atoms with Crippen LogP contribution < -0.4 is 27.0 Å². The van der Waals surface area contributed by atoms with Gasteiger partial charge in [0.2, 0.25) is 23.6 Å². The van der Waals surface area contributed by atoms with E-state index < -0.39 is 59.7 Å². The number of hydrogen-bond acceptors (Lipinski definition) is 9. The highest BCUT2D eigenvalue weighted by Gasteiger charge is 2.36. The number of aromatic hydroxyl groups is 3. The van der Waals surface area contributed by atoms with E-state index in [1.54, 1.807) is 6.07 Å². The molecular formula is C52H67N6O10+. The maximum Gasteiger partial charge on any atom is 0.326 e. The largest absolute Gasteiger partial charge is 0.507 e. The van der Waals surface area contributed by atoms with Crippen LogP contribution in [0.4, 0.5) is 0 Å². The highest BCUT2D eigenvalue weighted by atomic mass is 16.4. The van der Waals surface area contributed by atoms with E-state index in [2.05, 4.69) is 46.1 Å². The fourth-order valence-electron chi connectivity index (χ4n) is 8.37. The molecule has 0 radical (unpaired) electrons. The number of unbranched alkanes of at least 4 members (excludes halogenated alkanes) is 7. The lowest BCUT2D eigenvalue weighted by Crippen LogP contribution is -2.55. The van der Waals surface area contributed by atoms with Gasteiger partial charge < -0.3 is 52.3 Å². The second kappa shape index (κ2) is 25.3. The molecule has 0 unspecified atom stereocenters. The highest BCUT2D eigenvalue weighted by Crippen LogP contribution is 2.39. The molecule has 1 aliphatic rings. The van der Waals surface area contributed by atoms with Crippen molar-refractivity contribution in [2.75, 3.05) is 20.1 Å². The molecule has 4 aromatic carbocycles. The molecule has 0 aromatic heterocycles. The average Bonchev–Trinajstić information content (AvgIpc) is 3.31. The van der Waals surface area contributed by atoms with E-state index in [0.717, 1.165) is 28.9 Å². The summed E-state index contributed by atoms with van der Waals surface area (Å²) in [4.78, 5) is 81.8. The van der Waals surface area contributed by atoms with Crippen LogP contribution in [0.5, 0.6) is 17.2 Å². The molecular weight excluding hydrogens is 869 g/mol. The van der Waals surface area contributed by atoms with E-state index in [9.17, 15) is 49.2 Å². The number of carboxylic acid groups (broad SMARTS) is 1. The lowest BCUT2D eigenvalue weighted by atomic mass is 9.93. The van der Waals surface area contributed by atoms with Crippen molar-refractivity contribution in [2.45, 2.75) is 121 Å². The molecule has 1 heterocycles. The van der Waals surface area contributed by atoms with Gasteiger partial charge in [-0.25, -0.2) is 4.79 Å². The fraction of sp³-hybridized carbons (Fsp3) is 0.423. The van der Waals surface area contributed by atoms with E-state index in [1.807, 2.05) is 12.1 Å². The molecule has 11 N–H and O–H groups in total. The Morgan fingerprint density at radius 2 is 1.43 bits per heavy atom. The topological polar surface area (TPSA) is 262 Å². The minimum Gasteiger partial charge on any atom is -0.507 e. The lowest BCUT2D eigenvalue weighted by molar-refractivity contribution is -0.368. The van der Waals surface area contributed by atoms with Gasteiger partial charge in [0.15, 0.2) is 0 Å². The zero-order valence-corrected chi connectivity index (χ0v) is 39.3. The first-order chi connectivity index (χ1) is 32.6. The fourth-order valence-corrected chi connectivity index (χ4v) is 8.37. The molecule has 0 saturated heterocycles. The summed E-state index contributed by atoms with van der Waals surface area (Å²) < 4.78 is 0. The van der Waals surface area contributed by atoms with Gasteiger partial charge in [-0.1, -0.05) is 87.9 Å². The van der Waals surface area contributed by atoms with Gasteiger partial charge in [0.1, 0.15) is 41.4 Å². The summed E-state index contributed by atoms with van der Waals surface area (Å²) in [5.41, 5.74) is 7.61. The predicted molar refractivity (Wildman–Crippen MR) is 257 cm³/mol. The third-order valence-electron chi connectivity index (χ3n) is 12.3. The monoisotopic (exact) mass is 935 g/mol. The molecule has 364 valence electrons. The number of carbonyl (C=O) groups is 6. The number of quaternary nitrogens is 1. The Labute approximate surface area is 397 Å². The van der Waals surface area contributed by atoms with Crippen molar-refractivity contribution in [3.8, 4) is 39.5 Å². The number of carbonyl (C=O) groups excluding carboxylic acids is 5. The molecule has 0 aliphatic carbocycles. The number of amides is 5. The minimum absolute atomic E-state index is 0.0304. The number of hydrogen-bond donors (Lipinski definition) is 9. The molecule has 4 aromatic rings. The molecule has 16 nitrogen and oxygen atoms in total. The van der Waals surface area contributed by atoms with Gasteiger partial charge >= 0.3 is 5.97 Å². The molecule has 0 spiro atoms. The molecule has 68 heavy (non-hydrogen) atoms. The Bertz CT molecular complexity index is 2410. The second-order valence-corrected chi connectivity index (χ2v) is 17.6. The van der Waals surface area contributed by atoms with Crippen LogP contribution >= 0.6 is 0 Å². The molecule has 4 bridgehead atoms. The first-order valence-electron chi connectivity index (χ1n) is 23.7. The number of fused-ring (bicyclic) bond motifs is 5. The third-order valence-corrected chi connectivity index (χ3v) is 12.3. The van der Waals surface area contributed by atoms with Gasteiger partial charge in [-0.15, -0.1) is 0 Å². The zero-order valence-electron chi connectivity index (χ0n) is 39.3. The van der Waals surface area contributed by atoms with Crippen molar-refractivity contribution >= 4 is 35.5 Å². The number of nitrogens with one attached hydrogen (secondary N) is 4. The van der Waals surface area contributed by atoms with Crippen LogP contribution in [0.3, 0.4) is 0 Å². The predicted octanol–water partition coefficient (Wildman–Crippen LogP) is 5.28. The molecule has 0 fully saturated rings. The Morgan fingerprint density at radius 3 is 2.10 bits per heavy atom. The van der Waals surface area contributed by atoms with Gasteiger partial charge in [-0.3, -0.25) is 24.0 Å². The van der Waals surface area contributed by atoms with Gasteiger partial charge in [0, 0.05) is 37.6 Å². The summed E-state index contributed by atoms with van der Waals surface area (Å²) >= 11 is 0. The van der Waals surface area contributed by atoms with Crippen molar-refractivity contribution in [2.24, 2.45) is 0 Å². The van der Waals surface area contributed by atoms with E-state index in [0.29, 0.717) is 24.9 Å². The minimum atomic E-state index is -1.45. The van der Waals surface area contributed by atoms with Crippen molar-refractivity contribution < 1.29 is 54.9 Å². The summed E-state index contributed by atoms with van der Waals surface area (Å²) in [5.74, 6) is -5.54. The first-order valence-corrected chi connectivity index (χ1v) is 23.7. The number of likely N-dealkylation sites (N-methyl/N-ethyl adjacent to an activating group) is 1. The SMILES string of the molecule is CCCCCCCCCc1ccc(-c2ccc(C(=O)NCCC(=O)N[C@@H](CCCC[NH3+])C(=O)N(C)[C@@H]3C(=O)N[C@@H](C)C(=O)N[C@H](C(=O)O)Cc4ccc(O)c(c4)-c4cc3ccc4O)c(O)c2)cc1. The number of phenolic OH excluding ortho intramolecular Hbond substituents is 3. The zero-order chi connectivity index (χ0) is 49.3. The lowest BCUT2D eigenvalue weighted by Gasteiger charge is -2.32. The summed E-state index contributed by atoms with van der Waals surface area (Å²) in [6.07, 6.45) is 10.6.